The van der Waals surface area contributed by atoms with E-state index in [-0.39, 0.29) is 18.5 Å². The van der Waals surface area contributed by atoms with E-state index >= 15 is 0 Å². The van der Waals surface area contributed by atoms with E-state index < -0.39 is 0 Å². The zero-order valence-corrected chi connectivity index (χ0v) is 11.2. The van der Waals surface area contributed by atoms with Gasteiger partial charge in [-0.2, -0.15) is 0 Å². The number of hydrogen-bond acceptors (Lipinski definition) is 4. The minimum atomic E-state index is -0.133. The minimum absolute atomic E-state index is 0.0103. The Bertz CT molecular complexity index is 543. The van der Waals surface area contributed by atoms with Gasteiger partial charge in [0.25, 0.3) is 0 Å². The highest BCUT2D eigenvalue weighted by molar-refractivity contribution is 6.31. The van der Waals surface area contributed by atoms with Gasteiger partial charge in [0.2, 0.25) is 5.91 Å². The summed E-state index contributed by atoms with van der Waals surface area (Å²) in [5.74, 6) is -0.133. The van der Waals surface area contributed by atoms with E-state index in [0.717, 1.165) is 5.56 Å². The molecule has 0 unspecified atom stereocenters. The van der Waals surface area contributed by atoms with Gasteiger partial charge in [0, 0.05) is 11.1 Å². The second-order valence-corrected chi connectivity index (χ2v) is 4.68. The average Bonchev–Trinajstić information content (AvgIpc) is 2.84. The number of halogens is 1. The van der Waals surface area contributed by atoms with Gasteiger partial charge in [-0.15, -0.1) is 5.10 Å². The first-order chi connectivity index (χ1) is 9.15. The van der Waals surface area contributed by atoms with Gasteiger partial charge in [0.1, 0.15) is 12.9 Å². The lowest BCUT2D eigenvalue weighted by atomic mass is 10.1. The highest BCUT2D eigenvalue weighted by Crippen LogP contribution is 2.16. The summed E-state index contributed by atoms with van der Waals surface area (Å²) in [4.78, 5) is 11.7. The first-order valence-electron chi connectivity index (χ1n) is 5.88. The van der Waals surface area contributed by atoms with Crippen LogP contribution in [0.4, 0.5) is 0 Å². The Morgan fingerprint density at radius 2 is 2.26 bits per heavy atom. The van der Waals surface area contributed by atoms with Crippen molar-refractivity contribution < 1.29 is 4.79 Å². The number of amides is 1. The van der Waals surface area contributed by atoms with Crippen molar-refractivity contribution in [2.75, 3.05) is 0 Å². The number of nitrogens with one attached hydrogen (secondary N) is 1. The van der Waals surface area contributed by atoms with Crippen LogP contribution in [0.5, 0.6) is 0 Å². The smallest absolute Gasteiger partial charge is 0.242 e. The number of aromatic nitrogens is 4. The lowest BCUT2D eigenvalue weighted by molar-refractivity contribution is -0.122. The number of carbonyl (C=O) groups excluding carboxylic acids is 1. The maximum Gasteiger partial charge on any atom is 0.242 e. The van der Waals surface area contributed by atoms with Crippen LogP contribution < -0.4 is 5.32 Å². The molecule has 2 rings (SSSR count). The van der Waals surface area contributed by atoms with E-state index in [1.807, 2.05) is 31.2 Å². The van der Waals surface area contributed by atoms with E-state index in [1.54, 1.807) is 0 Å². The van der Waals surface area contributed by atoms with Gasteiger partial charge in [-0.1, -0.05) is 29.8 Å². The highest BCUT2D eigenvalue weighted by Gasteiger charge is 2.10. The molecule has 1 amide bonds. The van der Waals surface area contributed by atoms with Crippen LogP contribution in [-0.2, 0) is 17.8 Å². The maximum atomic E-state index is 11.7. The van der Waals surface area contributed by atoms with E-state index in [0.29, 0.717) is 11.4 Å². The lowest BCUT2D eigenvalue weighted by Gasteiger charge is -2.14. The summed E-state index contributed by atoms with van der Waals surface area (Å²) in [7, 11) is 0. The molecule has 0 aliphatic heterocycles. The van der Waals surface area contributed by atoms with Gasteiger partial charge in [-0.05, 0) is 35.4 Å². The minimum Gasteiger partial charge on any atom is -0.352 e. The second-order valence-electron chi connectivity index (χ2n) is 4.27. The van der Waals surface area contributed by atoms with Gasteiger partial charge in [0.15, 0.2) is 0 Å². The third-order valence-electron chi connectivity index (χ3n) is 2.59. The number of tetrazole rings is 1. The molecule has 19 heavy (non-hydrogen) atoms. The monoisotopic (exact) mass is 279 g/mol. The van der Waals surface area contributed by atoms with E-state index in [2.05, 4.69) is 20.8 Å². The molecule has 0 aliphatic carbocycles. The zero-order valence-electron chi connectivity index (χ0n) is 10.5. The molecule has 1 heterocycles. The SMILES string of the molecule is C[C@@H](Cc1ccccc1Cl)NC(=O)Cn1cnnn1. The summed E-state index contributed by atoms with van der Waals surface area (Å²) in [6.07, 6.45) is 2.08. The van der Waals surface area contributed by atoms with Crippen LogP contribution in [-0.4, -0.2) is 32.2 Å². The normalized spacial score (nSPS) is 12.1. The molecule has 0 aliphatic rings. The summed E-state index contributed by atoms with van der Waals surface area (Å²) in [5, 5.41) is 14.2. The van der Waals surface area contributed by atoms with Crippen LogP contribution in [0.1, 0.15) is 12.5 Å². The molecule has 1 atom stereocenters. The summed E-state index contributed by atoms with van der Waals surface area (Å²) in [6, 6.07) is 7.59. The fourth-order valence-electron chi connectivity index (χ4n) is 1.77. The topological polar surface area (TPSA) is 72.7 Å². The lowest BCUT2D eigenvalue weighted by Crippen LogP contribution is -2.36. The van der Waals surface area contributed by atoms with Gasteiger partial charge in [0.05, 0.1) is 0 Å². The van der Waals surface area contributed by atoms with Crippen molar-refractivity contribution >= 4 is 17.5 Å². The standard InChI is InChI=1S/C12H14ClN5O/c1-9(6-10-4-2-3-5-11(10)13)15-12(19)7-18-8-14-16-17-18/h2-5,8-9H,6-7H2,1H3,(H,15,19)/t9-/m0/s1. The number of benzene rings is 1. The zero-order chi connectivity index (χ0) is 13.7. The molecule has 1 aromatic heterocycles. The maximum absolute atomic E-state index is 11.7. The molecule has 0 saturated heterocycles. The van der Waals surface area contributed by atoms with Crippen LogP contribution in [0.2, 0.25) is 5.02 Å². The Morgan fingerprint density at radius 1 is 1.47 bits per heavy atom. The number of rotatable bonds is 5. The van der Waals surface area contributed by atoms with Gasteiger partial charge in [-0.3, -0.25) is 4.79 Å². The van der Waals surface area contributed by atoms with Crippen molar-refractivity contribution in [3.63, 3.8) is 0 Å². The van der Waals surface area contributed by atoms with E-state index in [4.69, 9.17) is 11.6 Å². The van der Waals surface area contributed by atoms with Crippen LogP contribution in [0.25, 0.3) is 0 Å². The van der Waals surface area contributed by atoms with Crippen molar-refractivity contribution in [3.8, 4) is 0 Å². The molecule has 0 fully saturated rings. The molecule has 1 aromatic carbocycles. The summed E-state index contributed by atoms with van der Waals surface area (Å²) < 4.78 is 1.37. The Hall–Kier alpha value is -1.95. The van der Waals surface area contributed by atoms with Gasteiger partial charge < -0.3 is 5.32 Å². The predicted octanol–water partition coefficient (Wildman–Crippen LogP) is 1.07. The summed E-state index contributed by atoms with van der Waals surface area (Å²) >= 11 is 6.08. The van der Waals surface area contributed by atoms with Crippen LogP contribution in [0.15, 0.2) is 30.6 Å². The fourth-order valence-corrected chi connectivity index (χ4v) is 1.98. The van der Waals surface area contributed by atoms with Crippen LogP contribution in [0, 0.1) is 0 Å². The molecular formula is C12H14ClN5O. The molecule has 0 saturated carbocycles. The quantitative estimate of drug-likeness (QED) is 0.889. The largest absolute Gasteiger partial charge is 0.352 e. The second kappa shape index (κ2) is 6.29. The van der Waals surface area contributed by atoms with Crippen molar-refractivity contribution in [1.82, 2.24) is 25.5 Å². The molecule has 1 N–H and O–H groups in total. The number of carbonyl (C=O) groups is 1. The molecule has 0 radical (unpaired) electrons. The third kappa shape index (κ3) is 4.03. The predicted molar refractivity (Wildman–Crippen MR) is 70.6 cm³/mol. The van der Waals surface area contributed by atoms with Crippen molar-refractivity contribution in [2.45, 2.75) is 25.9 Å². The van der Waals surface area contributed by atoms with Crippen molar-refractivity contribution in [2.24, 2.45) is 0 Å². The van der Waals surface area contributed by atoms with E-state index in [9.17, 15) is 4.79 Å². The van der Waals surface area contributed by atoms with Crippen LogP contribution >= 0.6 is 11.6 Å². The van der Waals surface area contributed by atoms with Crippen molar-refractivity contribution in [3.05, 3.63) is 41.2 Å². The number of hydrogen-bond donors (Lipinski definition) is 1. The van der Waals surface area contributed by atoms with Crippen molar-refractivity contribution in [1.29, 1.82) is 0 Å². The van der Waals surface area contributed by atoms with Gasteiger partial charge >= 0.3 is 0 Å². The summed E-state index contributed by atoms with van der Waals surface area (Å²) in [6.45, 7) is 2.04. The Balaban J connectivity index is 1.86. The first-order valence-corrected chi connectivity index (χ1v) is 6.26. The highest BCUT2D eigenvalue weighted by atomic mass is 35.5. The first kappa shape index (κ1) is 13.5. The molecule has 0 bridgehead atoms. The molecule has 0 spiro atoms. The Kier molecular flexibility index (Phi) is 4.46. The molecule has 6 nitrogen and oxygen atoms in total. The van der Waals surface area contributed by atoms with Gasteiger partial charge in [-0.25, -0.2) is 4.68 Å². The average molecular weight is 280 g/mol. The fraction of sp³-hybridized carbons (Fsp3) is 0.333. The third-order valence-corrected chi connectivity index (χ3v) is 2.96. The molecular weight excluding hydrogens is 266 g/mol. The summed E-state index contributed by atoms with van der Waals surface area (Å²) in [5.41, 5.74) is 1.01. The molecule has 100 valence electrons. The molecule has 2 aromatic rings. The van der Waals surface area contributed by atoms with E-state index in [1.165, 1.54) is 11.0 Å². The molecule has 7 heteroatoms. The van der Waals surface area contributed by atoms with Crippen LogP contribution in [0.3, 0.4) is 0 Å². The Morgan fingerprint density at radius 3 is 2.95 bits per heavy atom. The number of nitrogens with zero attached hydrogens (tertiary/aromatic N) is 4. The Labute approximate surface area is 115 Å².